The van der Waals surface area contributed by atoms with Crippen LogP contribution in [-0.2, 0) is 22.6 Å². The molecule has 3 N–H and O–H groups in total. The first-order valence-electron chi connectivity index (χ1n) is 16.1. The van der Waals surface area contributed by atoms with Gasteiger partial charge in [0.2, 0.25) is 0 Å². The van der Waals surface area contributed by atoms with Crippen LogP contribution in [0.4, 0.5) is 0 Å². The third kappa shape index (κ3) is 7.40. The fourth-order valence-corrected chi connectivity index (χ4v) is 6.36. The molecule has 4 unspecified atom stereocenters. The summed E-state index contributed by atoms with van der Waals surface area (Å²) in [5, 5.41) is 22.6. The molecule has 5 aromatic rings. The molecule has 0 saturated carbocycles. The monoisotopic (exact) mass is 630 g/mol. The number of carbonyl (C=O) groups excluding carboxylic acids is 1. The van der Waals surface area contributed by atoms with Gasteiger partial charge >= 0.3 is 0 Å². The lowest BCUT2D eigenvalue weighted by atomic mass is 9.98. The molecule has 2 saturated heterocycles. The molecule has 0 aliphatic carbocycles. The molecular formula is C38H38N4O5. The third-order valence-corrected chi connectivity index (χ3v) is 8.88. The van der Waals surface area contributed by atoms with Crippen LogP contribution in [0.3, 0.4) is 0 Å². The molecule has 240 valence electrons. The summed E-state index contributed by atoms with van der Waals surface area (Å²) in [6, 6.07) is 31.7. The molecule has 7 rings (SSSR count). The van der Waals surface area contributed by atoms with E-state index in [0.29, 0.717) is 25.0 Å². The molecule has 1 amide bonds. The number of amides is 1. The predicted molar refractivity (Wildman–Crippen MR) is 178 cm³/mol. The average Bonchev–Trinajstić information content (AvgIpc) is 3.54. The second-order valence-corrected chi connectivity index (χ2v) is 12.3. The minimum absolute atomic E-state index is 0.00302. The van der Waals surface area contributed by atoms with Gasteiger partial charge in [-0.1, -0.05) is 72.8 Å². The highest BCUT2D eigenvalue weighted by Gasteiger charge is 2.34. The van der Waals surface area contributed by atoms with E-state index in [4.69, 9.17) is 9.47 Å². The zero-order valence-corrected chi connectivity index (χ0v) is 26.0. The number of carbonyl (C=O) groups is 1. The van der Waals surface area contributed by atoms with Crippen molar-refractivity contribution < 1.29 is 24.5 Å². The maximum atomic E-state index is 12.9. The molecule has 0 spiro atoms. The lowest BCUT2D eigenvalue weighted by Crippen LogP contribution is -2.38. The zero-order chi connectivity index (χ0) is 32.2. The van der Waals surface area contributed by atoms with Gasteiger partial charge in [-0.3, -0.25) is 14.7 Å². The van der Waals surface area contributed by atoms with Crippen LogP contribution < -0.4 is 5.32 Å². The summed E-state index contributed by atoms with van der Waals surface area (Å²) in [6.45, 7) is 2.57. The number of likely N-dealkylation sites (tertiary alicyclic amines) is 1. The molecule has 1 aromatic heterocycles. The Bertz CT molecular complexity index is 1850. The molecule has 4 atom stereocenters. The maximum absolute atomic E-state index is 12.9. The van der Waals surface area contributed by atoms with E-state index >= 15 is 0 Å². The number of fused-ring (bicyclic) bond motifs is 1. The largest absolute Gasteiger partial charge is 0.392 e. The summed E-state index contributed by atoms with van der Waals surface area (Å²) in [6.07, 6.45) is 1.85. The maximum Gasteiger partial charge on any atom is 0.271 e. The molecule has 9 heteroatoms. The third-order valence-electron chi connectivity index (χ3n) is 8.88. The number of para-hydroxylation sites is 2. The van der Waals surface area contributed by atoms with Gasteiger partial charge in [-0.05, 0) is 58.5 Å². The lowest BCUT2D eigenvalue weighted by molar-refractivity contribution is -0.252. The Morgan fingerprint density at radius 1 is 0.872 bits per heavy atom. The minimum Gasteiger partial charge on any atom is -0.392 e. The van der Waals surface area contributed by atoms with E-state index in [1.54, 1.807) is 0 Å². The molecule has 2 fully saturated rings. The number of benzene rings is 4. The molecule has 3 heterocycles. The highest BCUT2D eigenvalue weighted by molar-refractivity contribution is 5.93. The van der Waals surface area contributed by atoms with Crippen molar-refractivity contribution in [3.8, 4) is 11.1 Å². The van der Waals surface area contributed by atoms with Crippen molar-refractivity contribution in [2.24, 2.45) is 0 Å². The second-order valence-electron chi connectivity index (χ2n) is 12.3. The number of aromatic nitrogens is 2. The first-order chi connectivity index (χ1) is 23.0. The molecule has 0 radical (unpaired) electrons. The number of aliphatic hydroxyl groups is 2. The Morgan fingerprint density at radius 2 is 1.66 bits per heavy atom. The van der Waals surface area contributed by atoms with Crippen molar-refractivity contribution in [2.45, 2.75) is 50.6 Å². The highest BCUT2D eigenvalue weighted by Crippen LogP contribution is 2.39. The predicted octanol–water partition coefficient (Wildman–Crippen LogP) is 5.33. The van der Waals surface area contributed by atoms with Crippen molar-refractivity contribution in [2.75, 3.05) is 19.6 Å². The van der Waals surface area contributed by atoms with Crippen LogP contribution in [0, 0.1) is 0 Å². The molecule has 9 nitrogen and oxygen atoms in total. The van der Waals surface area contributed by atoms with Gasteiger partial charge in [-0.25, -0.2) is 4.98 Å². The van der Waals surface area contributed by atoms with Crippen molar-refractivity contribution in [3.63, 3.8) is 0 Å². The van der Waals surface area contributed by atoms with E-state index in [-0.39, 0.29) is 36.5 Å². The topological polar surface area (TPSA) is 117 Å². The van der Waals surface area contributed by atoms with Gasteiger partial charge < -0.3 is 25.0 Å². The van der Waals surface area contributed by atoms with Crippen molar-refractivity contribution in [3.05, 3.63) is 131 Å². The van der Waals surface area contributed by atoms with Crippen LogP contribution in [0.15, 0.2) is 103 Å². The number of ether oxygens (including phenoxy) is 2. The van der Waals surface area contributed by atoms with Gasteiger partial charge in [-0.15, -0.1) is 0 Å². The highest BCUT2D eigenvalue weighted by atomic mass is 16.7. The fourth-order valence-electron chi connectivity index (χ4n) is 6.36. The SMILES string of the molecule is O=C(NCc1cccc(-c2cccc(C3OC(CN4CCC(O)C4)CC(c4ccc(CO)cc4)O3)c2)c1)c1cnc2ccccc2n1. The molecule has 2 aliphatic rings. The number of hydrogen-bond acceptors (Lipinski definition) is 8. The summed E-state index contributed by atoms with van der Waals surface area (Å²) in [5.74, 6) is -0.277. The Labute approximate surface area is 273 Å². The first kappa shape index (κ1) is 31.1. The number of β-amino-alcohol motifs (C(OH)–C–C–N with tert-alkyl or cyclic N) is 1. The minimum atomic E-state index is -0.575. The normalized spacial score (nSPS) is 21.6. The van der Waals surface area contributed by atoms with E-state index in [1.165, 1.54) is 6.20 Å². The number of aliphatic hydroxyl groups excluding tert-OH is 2. The quantitative estimate of drug-likeness (QED) is 0.200. The number of hydrogen-bond donors (Lipinski definition) is 3. The Kier molecular flexibility index (Phi) is 9.32. The van der Waals surface area contributed by atoms with Crippen molar-refractivity contribution >= 4 is 16.9 Å². The van der Waals surface area contributed by atoms with Gasteiger partial charge in [0.05, 0.1) is 42.1 Å². The van der Waals surface area contributed by atoms with Crippen LogP contribution in [0.1, 0.15) is 58.0 Å². The average molecular weight is 631 g/mol. The van der Waals surface area contributed by atoms with Crippen LogP contribution in [0.2, 0.25) is 0 Å². The number of nitrogens with one attached hydrogen (secondary N) is 1. The fraction of sp³-hybridized carbons (Fsp3) is 0.289. The Balaban J connectivity index is 1.07. The Hall–Kier alpha value is -4.51. The molecule has 47 heavy (non-hydrogen) atoms. The molecular weight excluding hydrogens is 592 g/mol. The summed E-state index contributed by atoms with van der Waals surface area (Å²) in [7, 11) is 0. The summed E-state index contributed by atoms with van der Waals surface area (Å²) >= 11 is 0. The van der Waals surface area contributed by atoms with E-state index in [1.807, 2.05) is 72.8 Å². The second kappa shape index (κ2) is 14.1. The molecule has 4 aromatic carbocycles. The molecule has 0 bridgehead atoms. The Morgan fingerprint density at radius 3 is 2.45 bits per heavy atom. The zero-order valence-electron chi connectivity index (χ0n) is 26.0. The van der Waals surface area contributed by atoms with Gasteiger partial charge in [0.25, 0.3) is 5.91 Å². The van der Waals surface area contributed by atoms with Crippen LogP contribution in [0.5, 0.6) is 0 Å². The van der Waals surface area contributed by atoms with Crippen molar-refractivity contribution in [1.29, 1.82) is 0 Å². The van der Waals surface area contributed by atoms with E-state index in [0.717, 1.165) is 58.4 Å². The first-order valence-corrected chi connectivity index (χ1v) is 16.1. The van der Waals surface area contributed by atoms with E-state index < -0.39 is 6.29 Å². The summed E-state index contributed by atoms with van der Waals surface area (Å²) < 4.78 is 13.2. The van der Waals surface area contributed by atoms with Gasteiger partial charge in [0.15, 0.2) is 6.29 Å². The standard InChI is InChI=1S/C38H38N4O5/c43-24-25-11-13-27(14-12-25)36-19-32(23-42-16-15-31(44)22-42)46-38(47-36)30-8-4-7-29(18-30)28-6-3-5-26(17-28)20-40-37(45)35-21-39-33-9-1-2-10-34(33)41-35/h1-14,17-18,21,31-32,36,38,43-44H,15-16,19-20,22-24H2,(H,40,45). The van der Waals surface area contributed by atoms with E-state index in [9.17, 15) is 15.0 Å². The number of rotatable bonds is 9. The van der Waals surface area contributed by atoms with Crippen LogP contribution in [-0.4, -0.2) is 62.8 Å². The van der Waals surface area contributed by atoms with Crippen LogP contribution >= 0.6 is 0 Å². The number of nitrogens with zero attached hydrogens (tertiary/aromatic N) is 3. The smallest absolute Gasteiger partial charge is 0.271 e. The molecule has 2 aliphatic heterocycles. The van der Waals surface area contributed by atoms with Gasteiger partial charge in [0.1, 0.15) is 5.69 Å². The summed E-state index contributed by atoms with van der Waals surface area (Å²) in [4.78, 5) is 23.9. The van der Waals surface area contributed by atoms with Crippen LogP contribution in [0.25, 0.3) is 22.2 Å². The van der Waals surface area contributed by atoms with Gasteiger partial charge in [0, 0.05) is 38.2 Å². The lowest BCUT2D eigenvalue weighted by Gasteiger charge is -2.38. The van der Waals surface area contributed by atoms with E-state index in [2.05, 4.69) is 44.5 Å². The van der Waals surface area contributed by atoms with Gasteiger partial charge in [-0.2, -0.15) is 0 Å². The van der Waals surface area contributed by atoms with Crippen molar-refractivity contribution in [1.82, 2.24) is 20.2 Å². The summed E-state index contributed by atoms with van der Waals surface area (Å²) in [5.41, 5.74) is 7.51.